The summed E-state index contributed by atoms with van der Waals surface area (Å²) in [5.41, 5.74) is -0.767. The van der Waals surface area contributed by atoms with Gasteiger partial charge in [0.1, 0.15) is 23.9 Å². The fourth-order valence-electron chi connectivity index (χ4n) is 4.44. The van der Waals surface area contributed by atoms with E-state index in [2.05, 4.69) is 11.7 Å². The summed E-state index contributed by atoms with van der Waals surface area (Å²) in [4.78, 5) is 11.8. The van der Waals surface area contributed by atoms with Crippen LogP contribution in [0.3, 0.4) is 0 Å². The molecule has 2 aliphatic rings. The highest BCUT2D eigenvalue weighted by Crippen LogP contribution is 2.40. The lowest BCUT2D eigenvalue weighted by atomic mass is 10.0. The predicted octanol–water partition coefficient (Wildman–Crippen LogP) is 6.19. The van der Waals surface area contributed by atoms with Gasteiger partial charge in [0, 0.05) is 26.1 Å². The molecule has 42 heavy (non-hydrogen) atoms. The molecule has 1 fully saturated rings. The van der Waals surface area contributed by atoms with E-state index in [4.69, 9.17) is 4.74 Å². The molecule has 0 aromatic heterocycles. The molecule has 2 heterocycles. The van der Waals surface area contributed by atoms with Crippen LogP contribution in [0.15, 0.2) is 65.6 Å². The summed E-state index contributed by atoms with van der Waals surface area (Å²) in [6, 6.07) is 10.5. The highest BCUT2D eigenvalue weighted by Gasteiger charge is 2.35. The van der Waals surface area contributed by atoms with Crippen molar-refractivity contribution in [2.75, 3.05) is 30.5 Å². The first-order valence-corrected chi connectivity index (χ1v) is 14.1. The molecule has 14 heteroatoms. The highest BCUT2D eigenvalue weighted by molar-refractivity contribution is 7.92. The minimum atomic E-state index is -4.74. The zero-order valence-corrected chi connectivity index (χ0v) is 23.2. The molecule has 0 saturated carbocycles. The van der Waals surface area contributed by atoms with Gasteiger partial charge < -0.3 is 14.4 Å². The normalized spacial score (nSPS) is 15.3. The molecular formula is C28H26F6N2O5S. The third-order valence-electron chi connectivity index (χ3n) is 6.47. The van der Waals surface area contributed by atoms with Crippen molar-refractivity contribution in [1.82, 2.24) is 4.90 Å². The maximum atomic E-state index is 14.0. The molecule has 0 spiro atoms. The van der Waals surface area contributed by atoms with Gasteiger partial charge in [-0.25, -0.2) is 12.8 Å². The average molecular weight is 617 g/mol. The first-order chi connectivity index (χ1) is 19.6. The molecule has 3 aromatic carbocycles. The van der Waals surface area contributed by atoms with Crippen molar-refractivity contribution in [2.45, 2.75) is 31.5 Å². The number of benzene rings is 3. The van der Waals surface area contributed by atoms with Crippen molar-refractivity contribution in [1.29, 1.82) is 0 Å². The lowest BCUT2D eigenvalue weighted by Gasteiger charge is -2.36. The number of carbonyl (C=O) groups is 1. The number of hydrogen-bond acceptors (Lipinski definition) is 5. The maximum absolute atomic E-state index is 14.0. The molecule has 226 valence electrons. The second-order valence-electron chi connectivity index (χ2n) is 9.72. The van der Waals surface area contributed by atoms with Gasteiger partial charge in [0.25, 0.3) is 10.0 Å². The van der Waals surface area contributed by atoms with Gasteiger partial charge in [-0.3, -0.25) is 9.10 Å². The van der Waals surface area contributed by atoms with Crippen molar-refractivity contribution in [2.24, 2.45) is 5.92 Å². The molecule has 0 N–H and O–H groups in total. The van der Waals surface area contributed by atoms with Crippen molar-refractivity contribution in [3.05, 3.63) is 72.0 Å². The fourth-order valence-corrected chi connectivity index (χ4v) is 5.94. The van der Waals surface area contributed by atoms with E-state index in [1.165, 1.54) is 18.2 Å². The summed E-state index contributed by atoms with van der Waals surface area (Å²) in [5, 5.41) is 0. The van der Waals surface area contributed by atoms with Crippen LogP contribution in [0.25, 0.3) is 11.1 Å². The Morgan fingerprint density at radius 3 is 2.33 bits per heavy atom. The molecule has 1 amide bonds. The quantitative estimate of drug-likeness (QED) is 0.320. The number of likely N-dealkylation sites (tertiary alicyclic amines) is 1. The third-order valence-corrected chi connectivity index (χ3v) is 8.28. The lowest BCUT2D eigenvalue weighted by molar-refractivity contribution is -0.137. The second kappa shape index (κ2) is 12.1. The number of anilines is 1. The van der Waals surface area contributed by atoms with Gasteiger partial charge in [0.15, 0.2) is 0 Å². The highest BCUT2D eigenvalue weighted by atomic mass is 32.2. The van der Waals surface area contributed by atoms with E-state index >= 15 is 0 Å². The van der Waals surface area contributed by atoms with E-state index < -0.39 is 44.8 Å². The average Bonchev–Trinajstić information content (AvgIpc) is 2.89. The maximum Gasteiger partial charge on any atom is 0.416 e. The lowest BCUT2D eigenvalue weighted by Crippen LogP contribution is -2.47. The fraction of sp³-hybridized carbons (Fsp3) is 0.321. The van der Waals surface area contributed by atoms with Crippen molar-refractivity contribution in [3.63, 3.8) is 0 Å². The molecule has 2 aliphatic heterocycles. The van der Waals surface area contributed by atoms with Crippen LogP contribution >= 0.6 is 0 Å². The van der Waals surface area contributed by atoms with Gasteiger partial charge in [-0.1, -0.05) is 19.1 Å². The minimum absolute atomic E-state index is 0.00162. The topological polar surface area (TPSA) is 76.2 Å². The summed E-state index contributed by atoms with van der Waals surface area (Å²) in [6.07, 6.45) is -4.74. The van der Waals surface area contributed by atoms with Gasteiger partial charge in [-0.2, -0.15) is 22.0 Å². The van der Waals surface area contributed by atoms with E-state index in [-0.39, 0.29) is 41.6 Å². The molecule has 1 saturated heterocycles. The van der Waals surface area contributed by atoms with Gasteiger partial charge >= 0.3 is 12.8 Å². The largest absolute Gasteiger partial charge is 0.489 e. The van der Waals surface area contributed by atoms with Gasteiger partial charge in [0.2, 0.25) is 5.91 Å². The molecule has 0 atom stereocenters. The molecule has 5 rings (SSSR count). The molecule has 0 radical (unpaired) electrons. The van der Waals surface area contributed by atoms with Crippen molar-refractivity contribution in [3.8, 4) is 22.6 Å². The van der Waals surface area contributed by atoms with E-state index in [0.717, 1.165) is 59.7 Å². The van der Waals surface area contributed by atoms with E-state index in [1.807, 2.05) is 4.90 Å². The van der Waals surface area contributed by atoms with Crippen LogP contribution in [0.2, 0.25) is 0 Å². The number of amides is 1. The van der Waals surface area contributed by atoms with Crippen LogP contribution in [0, 0.1) is 11.7 Å². The monoisotopic (exact) mass is 616 g/mol. The Labute approximate surface area is 238 Å². The zero-order valence-electron chi connectivity index (χ0n) is 22.4. The minimum Gasteiger partial charge on any atom is -0.489 e. The van der Waals surface area contributed by atoms with Crippen LogP contribution < -0.4 is 13.8 Å². The number of fused-ring (bicyclic) bond motifs is 1. The summed E-state index contributed by atoms with van der Waals surface area (Å²) in [6.45, 7) is 2.27. The Balaban J connectivity index is 0.000000437. The predicted molar refractivity (Wildman–Crippen MR) is 141 cm³/mol. The number of halogens is 6. The van der Waals surface area contributed by atoms with E-state index in [1.54, 1.807) is 6.92 Å². The molecule has 0 unspecified atom stereocenters. The van der Waals surface area contributed by atoms with E-state index in [0.29, 0.717) is 6.07 Å². The number of rotatable bonds is 5. The molecule has 7 nitrogen and oxygen atoms in total. The smallest absolute Gasteiger partial charge is 0.416 e. The molecule has 0 bridgehead atoms. The SMILES string of the molecule is CC(=O)N1CC(C)C1.O=S(=O)(c1cccc(C(F)(F)F)c1)N1CCOc2ccc(-c3cc(F)cc(OC(F)F)c3)cc21. The van der Waals surface area contributed by atoms with E-state index in [9.17, 15) is 39.6 Å². The van der Waals surface area contributed by atoms with Crippen LogP contribution in [-0.4, -0.2) is 52.1 Å². The van der Waals surface area contributed by atoms with Crippen LogP contribution in [-0.2, 0) is 21.0 Å². The Morgan fingerprint density at radius 1 is 1.02 bits per heavy atom. The van der Waals surface area contributed by atoms with Gasteiger partial charge in [0.05, 0.1) is 22.7 Å². The molecule has 3 aromatic rings. The van der Waals surface area contributed by atoms with Crippen molar-refractivity contribution < 1.29 is 49.0 Å². The summed E-state index contributed by atoms with van der Waals surface area (Å²) in [7, 11) is -4.43. The summed E-state index contributed by atoms with van der Waals surface area (Å²) in [5.74, 6) is -0.226. The Hall–Kier alpha value is -3.94. The first-order valence-electron chi connectivity index (χ1n) is 12.6. The summed E-state index contributed by atoms with van der Waals surface area (Å²) >= 11 is 0. The van der Waals surface area contributed by atoms with Crippen LogP contribution in [0.4, 0.5) is 32.0 Å². The first kappa shape index (κ1) is 31.0. The van der Waals surface area contributed by atoms with Gasteiger partial charge in [-0.15, -0.1) is 0 Å². The molecular weight excluding hydrogens is 590 g/mol. The zero-order chi connectivity index (χ0) is 30.8. The Bertz CT molecular complexity index is 1560. The Kier molecular flexibility index (Phi) is 8.95. The molecule has 0 aliphatic carbocycles. The van der Waals surface area contributed by atoms with Gasteiger partial charge in [-0.05, 0) is 59.5 Å². The third kappa shape index (κ3) is 7.09. The Morgan fingerprint density at radius 2 is 1.74 bits per heavy atom. The van der Waals surface area contributed by atoms with Crippen LogP contribution in [0.5, 0.6) is 11.5 Å². The number of nitrogens with zero attached hydrogens (tertiary/aromatic N) is 2. The number of ether oxygens (including phenoxy) is 2. The standard InChI is InChI=1S/C22H15F6NO4S.C6H11NO/c23-16-8-14(9-17(12-16)33-21(24)25)13-4-5-20-19(10-13)29(6-7-32-20)34(30,31)18-3-1-2-15(11-18)22(26,27)28;1-5-3-7(4-5)6(2)8/h1-5,8-12,21H,6-7H2;5H,3-4H2,1-2H3. The number of carbonyl (C=O) groups excluding carboxylic acids is 1. The number of sulfonamides is 1. The second-order valence-corrected chi connectivity index (χ2v) is 11.6. The summed E-state index contributed by atoms with van der Waals surface area (Å²) < 4.78 is 115. The number of alkyl halides is 5. The number of hydrogen-bond donors (Lipinski definition) is 0. The van der Waals surface area contributed by atoms with Crippen LogP contribution in [0.1, 0.15) is 19.4 Å². The van der Waals surface area contributed by atoms with Crippen molar-refractivity contribution >= 4 is 21.6 Å².